The van der Waals surface area contributed by atoms with Crippen LogP contribution in [0.25, 0.3) is 10.9 Å². The molecule has 0 radical (unpaired) electrons. The Morgan fingerprint density at radius 3 is 2.42 bits per heavy atom. The summed E-state index contributed by atoms with van der Waals surface area (Å²) in [5, 5.41) is 55.6. The van der Waals surface area contributed by atoms with Gasteiger partial charge in [-0.05, 0) is 58.9 Å². The molecule has 5 rings (SSSR count). The number of carbonyl (C=O) groups is 2. The number of piperazine rings is 1. The van der Waals surface area contributed by atoms with Gasteiger partial charge in [0.1, 0.15) is 46.9 Å². The fraction of sp³-hybridized carbons (Fsp3) is 0.686. The first-order valence-corrected chi connectivity index (χ1v) is 19.0. The Labute approximate surface area is 306 Å². The van der Waals surface area contributed by atoms with Crippen LogP contribution in [0.3, 0.4) is 0 Å². The van der Waals surface area contributed by atoms with Crippen molar-refractivity contribution in [3.05, 3.63) is 39.7 Å². The molecule has 2 unspecified atom stereocenters. The zero-order valence-electron chi connectivity index (χ0n) is 30.5. The second-order valence-corrected chi connectivity index (χ2v) is 14.9. The minimum absolute atomic E-state index is 0.0694. The number of carboxylic acids is 1. The quantitative estimate of drug-likeness (QED) is 0.181. The number of ether oxygens (including phenoxy) is 1. The van der Waals surface area contributed by atoms with Crippen molar-refractivity contribution in [3.8, 4) is 0 Å². The summed E-state index contributed by atoms with van der Waals surface area (Å²) < 4.78 is 36.9. The number of hydrogen-bond donors (Lipinski definition) is 7. The average Bonchev–Trinajstić information content (AvgIpc) is 3.47. The molecule has 1 amide bonds. The highest BCUT2D eigenvalue weighted by Crippen LogP contribution is 2.32. The van der Waals surface area contributed by atoms with Gasteiger partial charge in [0.2, 0.25) is 11.3 Å². The predicted molar refractivity (Wildman–Crippen MR) is 194 cm³/mol. The minimum Gasteiger partial charge on any atom is -0.477 e. The standard InChI is InChI=1S/C18H34N2O6S.C17H19F2N3O3/c1-5-6-10-7-11(20(3)8-10)17(25)19-12(9(2)21)16-14(23)13(22)15(24)18(26-16)27-4;1-3-21-8-11(17(24)25)16(23)10-6-12(18)15(13(19)14(10)21)22-5-4-20-9(2)7-22/h9-16,18,21-24H,5-8H2,1-4H3,(H,19,25);6,8-9,20H,3-5,7H2,1-2H3,(H,24,25)/t9-,10-,11?,12-,13+,14-,15-,16-,18-;/m1./s1. The number of rotatable bonds is 10. The van der Waals surface area contributed by atoms with Crippen molar-refractivity contribution >= 4 is 40.2 Å². The molecule has 17 heteroatoms. The lowest BCUT2D eigenvalue weighted by Gasteiger charge is -2.44. The average molecular weight is 758 g/mol. The van der Waals surface area contributed by atoms with Gasteiger partial charge in [0.05, 0.1) is 29.1 Å². The monoisotopic (exact) mass is 757 g/mol. The molecular weight excluding hydrogens is 704 g/mol. The summed E-state index contributed by atoms with van der Waals surface area (Å²) in [5.74, 6) is -2.87. The molecule has 7 N–H and O–H groups in total. The van der Waals surface area contributed by atoms with Crippen molar-refractivity contribution in [1.29, 1.82) is 0 Å². The number of aliphatic hydroxyl groups excluding tert-OH is 4. The second-order valence-electron chi connectivity index (χ2n) is 14.0. The minimum atomic E-state index is -1.42. The number of anilines is 1. The number of carboxylic acid groups (broad SMARTS) is 1. The summed E-state index contributed by atoms with van der Waals surface area (Å²) in [5.41, 5.74) is -2.39. The van der Waals surface area contributed by atoms with E-state index in [4.69, 9.17) is 9.84 Å². The topological polar surface area (TPSA) is 197 Å². The molecule has 52 heavy (non-hydrogen) atoms. The van der Waals surface area contributed by atoms with Crippen molar-refractivity contribution in [2.45, 2.75) is 108 Å². The first-order valence-electron chi connectivity index (χ1n) is 17.7. The van der Waals surface area contributed by atoms with Crippen LogP contribution in [0.15, 0.2) is 17.1 Å². The number of carbonyl (C=O) groups excluding carboxylic acids is 1. The predicted octanol–water partition coefficient (Wildman–Crippen LogP) is 0.939. The van der Waals surface area contributed by atoms with E-state index in [-0.39, 0.29) is 41.1 Å². The number of likely N-dealkylation sites (tertiary alicyclic amines) is 1. The fourth-order valence-corrected chi connectivity index (χ4v) is 8.12. The van der Waals surface area contributed by atoms with Crippen LogP contribution in [-0.4, -0.2) is 140 Å². The number of halogens is 2. The number of hydrogen-bond acceptors (Lipinski definition) is 12. The normalized spacial score (nSPS) is 29.3. The number of nitrogens with one attached hydrogen (secondary N) is 2. The molecule has 0 saturated carbocycles. The van der Waals surface area contributed by atoms with Crippen molar-refractivity contribution in [1.82, 2.24) is 20.1 Å². The van der Waals surface area contributed by atoms with E-state index in [2.05, 4.69) is 17.6 Å². The number of pyridine rings is 1. The lowest BCUT2D eigenvalue weighted by molar-refractivity contribution is -0.211. The van der Waals surface area contributed by atoms with Gasteiger partial charge in [-0.1, -0.05) is 13.3 Å². The maximum absolute atomic E-state index is 15.2. The van der Waals surface area contributed by atoms with Gasteiger partial charge in [-0.3, -0.25) is 14.5 Å². The summed E-state index contributed by atoms with van der Waals surface area (Å²) in [6.07, 6.45) is -0.387. The van der Waals surface area contributed by atoms with E-state index in [1.807, 2.05) is 18.9 Å². The Morgan fingerprint density at radius 2 is 1.85 bits per heavy atom. The molecular formula is C35H53F2N5O9S. The molecule has 2 aromatic rings. The summed E-state index contributed by atoms with van der Waals surface area (Å²) in [6, 6.07) is -0.175. The van der Waals surface area contributed by atoms with Gasteiger partial charge in [0.15, 0.2) is 5.82 Å². The van der Waals surface area contributed by atoms with E-state index in [0.29, 0.717) is 25.6 Å². The maximum Gasteiger partial charge on any atom is 0.341 e. The molecule has 1 aromatic carbocycles. The van der Waals surface area contributed by atoms with Crippen LogP contribution in [-0.2, 0) is 16.1 Å². The molecule has 14 nitrogen and oxygen atoms in total. The summed E-state index contributed by atoms with van der Waals surface area (Å²) in [6.45, 7) is 9.82. The highest BCUT2D eigenvalue weighted by Gasteiger charge is 2.48. The number of aromatic nitrogens is 1. The van der Waals surface area contributed by atoms with E-state index in [1.165, 1.54) is 23.3 Å². The van der Waals surface area contributed by atoms with Crippen LogP contribution < -0.4 is 21.0 Å². The number of nitrogens with zero attached hydrogens (tertiary/aromatic N) is 3. The molecule has 0 aliphatic carbocycles. The molecule has 10 atom stereocenters. The van der Waals surface area contributed by atoms with E-state index in [1.54, 1.807) is 18.1 Å². The van der Waals surface area contributed by atoms with Gasteiger partial charge in [-0.15, -0.1) is 11.8 Å². The second kappa shape index (κ2) is 18.0. The van der Waals surface area contributed by atoms with E-state index < -0.39 is 70.6 Å². The van der Waals surface area contributed by atoms with Gasteiger partial charge >= 0.3 is 5.97 Å². The van der Waals surface area contributed by atoms with Crippen LogP contribution >= 0.6 is 11.8 Å². The molecule has 3 aliphatic rings. The van der Waals surface area contributed by atoms with Gasteiger partial charge < -0.3 is 50.4 Å². The van der Waals surface area contributed by atoms with Gasteiger partial charge in [-0.2, -0.15) is 0 Å². The number of likely N-dealkylation sites (N-methyl/N-ethyl adjacent to an activating group) is 1. The molecule has 292 valence electrons. The molecule has 3 aliphatic heterocycles. The molecule has 3 saturated heterocycles. The third-order valence-corrected chi connectivity index (χ3v) is 11.0. The largest absolute Gasteiger partial charge is 0.477 e. The summed E-state index contributed by atoms with van der Waals surface area (Å²) >= 11 is 1.20. The first-order chi connectivity index (χ1) is 24.6. The highest BCUT2D eigenvalue weighted by atomic mass is 32.2. The Morgan fingerprint density at radius 1 is 1.15 bits per heavy atom. The Bertz CT molecular complexity index is 1630. The number of amides is 1. The SMILES string of the molecule is CCC[C@@H]1CC(C(=O)N[C@@H]([C@H]2O[C@H](SC)[C@H](O)[C@@H](O)[C@H]2O)[C@@H](C)O)N(C)C1.CCn1cc(C(=O)O)c(=O)c2cc(F)c(N3CCNC(C)C3)c(F)c21. The van der Waals surface area contributed by atoms with Gasteiger partial charge in [-0.25, -0.2) is 13.6 Å². The zero-order chi connectivity index (χ0) is 38.6. The zero-order valence-corrected chi connectivity index (χ0v) is 31.3. The first kappa shape index (κ1) is 41.9. The molecule has 0 spiro atoms. The van der Waals surface area contributed by atoms with E-state index in [9.17, 15) is 39.2 Å². The van der Waals surface area contributed by atoms with Crippen LogP contribution in [0, 0.1) is 17.6 Å². The number of fused-ring (bicyclic) bond motifs is 1. The number of aryl methyl sites for hydroxylation is 1. The Kier molecular flexibility index (Phi) is 14.4. The Balaban J connectivity index is 0.000000233. The molecule has 1 aromatic heterocycles. The lowest BCUT2D eigenvalue weighted by atomic mass is 9.92. The number of aromatic carboxylic acids is 1. The third kappa shape index (κ3) is 8.89. The van der Waals surface area contributed by atoms with Crippen LogP contribution in [0.1, 0.15) is 57.3 Å². The smallest absolute Gasteiger partial charge is 0.341 e. The molecule has 3 fully saturated rings. The maximum atomic E-state index is 15.2. The van der Waals surface area contributed by atoms with Gasteiger partial charge in [0.25, 0.3) is 0 Å². The Hall–Kier alpha value is -2.90. The number of benzene rings is 1. The molecule has 4 heterocycles. The van der Waals surface area contributed by atoms with Gasteiger partial charge in [0, 0.05) is 45.0 Å². The third-order valence-electron chi connectivity index (χ3n) is 10.1. The van der Waals surface area contributed by atoms with Crippen LogP contribution in [0.5, 0.6) is 0 Å². The lowest BCUT2D eigenvalue weighted by Crippen LogP contribution is -2.65. The van der Waals surface area contributed by atoms with E-state index >= 15 is 4.39 Å². The number of thioether (sulfide) groups is 1. The van der Waals surface area contributed by atoms with Crippen LogP contribution in [0.4, 0.5) is 14.5 Å². The number of aliphatic hydroxyl groups is 4. The fourth-order valence-electron chi connectivity index (χ4n) is 7.44. The van der Waals surface area contributed by atoms with Crippen molar-refractivity contribution < 1.29 is 48.6 Å². The summed E-state index contributed by atoms with van der Waals surface area (Å²) in [4.78, 5) is 40.0. The van der Waals surface area contributed by atoms with E-state index in [0.717, 1.165) is 38.1 Å². The summed E-state index contributed by atoms with van der Waals surface area (Å²) in [7, 11) is 1.91. The highest BCUT2D eigenvalue weighted by molar-refractivity contribution is 7.99. The van der Waals surface area contributed by atoms with Crippen LogP contribution in [0.2, 0.25) is 0 Å². The van der Waals surface area contributed by atoms with Crippen molar-refractivity contribution in [2.75, 3.05) is 44.4 Å². The van der Waals surface area contributed by atoms with Crippen molar-refractivity contribution in [3.63, 3.8) is 0 Å². The van der Waals surface area contributed by atoms with Crippen molar-refractivity contribution in [2.24, 2.45) is 5.92 Å². The molecule has 0 bridgehead atoms.